The molecule has 2 rings (SSSR count). The van der Waals surface area contributed by atoms with Crippen molar-refractivity contribution in [3.63, 3.8) is 0 Å². The Balaban J connectivity index is 2.04. The van der Waals surface area contributed by atoms with Gasteiger partial charge < -0.3 is 20.9 Å². The summed E-state index contributed by atoms with van der Waals surface area (Å²) < 4.78 is 0. The quantitative estimate of drug-likeness (QED) is 0.700. The normalized spacial score (nSPS) is 16.2. The summed E-state index contributed by atoms with van der Waals surface area (Å²) >= 11 is 0. The third-order valence-corrected chi connectivity index (χ3v) is 3.07. The minimum atomic E-state index is -0.147. The fourth-order valence-corrected chi connectivity index (χ4v) is 2.01. The van der Waals surface area contributed by atoms with Gasteiger partial charge in [-0.2, -0.15) is 0 Å². The van der Waals surface area contributed by atoms with Crippen molar-refractivity contribution in [2.45, 2.75) is 26.8 Å². The van der Waals surface area contributed by atoms with Crippen LogP contribution in [0.25, 0.3) is 0 Å². The number of nitrogens with zero attached hydrogens (tertiary/aromatic N) is 2. The Hall–Kier alpha value is -2.24. The second kappa shape index (κ2) is 5.60. The lowest BCUT2D eigenvalue weighted by Crippen LogP contribution is -2.42. The van der Waals surface area contributed by atoms with E-state index in [2.05, 4.69) is 15.3 Å². The highest BCUT2D eigenvalue weighted by atomic mass is 16.2. The lowest BCUT2D eigenvalue weighted by molar-refractivity contribution is 0.194. The topological polar surface area (TPSA) is 87.0 Å². The monoisotopic (exact) mass is 261 g/mol. The molecule has 1 aromatic heterocycles. The van der Waals surface area contributed by atoms with Gasteiger partial charge in [0.1, 0.15) is 0 Å². The molecule has 0 saturated carbocycles. The number of aromatic nitrogens is 2. The summed E-state index contributed by atoms with van der Waals surface area (Å²) in [6, 6.07) is -0.147. The van der Waals surface area contributed by atoms with Crippen molar-refractivity contribution < 1.29 is 4.79 Å². The third-order valence-electron chi connectivity index (χ3n) is 3.07. The number of hydrogen-bond acceptors (Lipinski definition) is 3. The fourth-order valence-electron chi connectivity index (χ4n) is 2.01. The maximum absolute atomic E-state index is 12.2. The minimum Gasteiger partial charge on any atom is -0.401 e. The van der Waals surface area contributed by atoms with E-state index in [4.69, 9.17) is 5.73 Å². The van der Waals surface area contributed by atoms with Crippen molar-refractivity contribution in [2.24, 2.45) is 5.73 Å². The smallest absolute Gasteiger partial charge is 0.322 e. The van der Waals surface area contributed by atoms with Crippen molar-refractivity contribution in [3.05, 3.63) is 41.3 Å². The average Bonchev–Trinajstić information content (AvgIpc) is 2.85. The SMILES string of the molecule is C/C=C\C(NC(=O)N1CCc2[nH]cnc2C1)=C(/C)N. The molecule has 0 bridgehead atoms. The molecule has 2 amide bonds. The van der Waals surface area contributed by atoms with E-state index in [-0.39, 0.29) is 6.03 Å². The van der Waals surface area contributed by atoms with Gasteiger partial charge in [0, 0.05) is 24.4 Å². The maximum Gasteiger partial charge on any atom is 0.322 e. The molecule has 0 fully saturated rings. The third kappa shape index (κ3) is 2.96. The molecule has 0 saturated heterocycles. The zero-order valence-corrected chi connectivity index (χ0v) is 11.2. The van der Waals surface area contributed by atoms with E-state index in [1.807, 2.05) is 13.0 Å². The van der Waals surface area contributed by atoms with Gasteiger partial charge in [-0.15, -0.1) is 0 Å². The van der Waals surface area contributed by atoms with Crippen molar-refractivity contribution in [1.29, 1.82) is 0 Å². The van der Waals surface area contributed by atoms with Crippen LogP contribution >= 0.6 is 0 Å². The highest BCUT2D eigenvalue weighted by Gasteiger charge is 2.22. The van der Waals surface area contributed by atoms with Gasteiger partial charge in [0.05, 0.1) is 24.3 Å². The van der Waals surface area contributed by atoms with E-state index in [9.17, 15) is 4.79 Å². The zero-order chi connectivity index (χ0) is 13.8. The highest BCUT2D eigenvalue weighted by Crippen LogP contribution is 2.15. The molecular formula is C13H19N5O. The van der Waals surface area contributed by atoms with Gasteiger partial charge in [-0.25, -0.2) is 9.78 Å². The number of imidazole rings is 1. The number of nitrogens with two attached hydrogens (primary N) is 1. The second-order valence-electron chi connectivity index (χ2n) is 4.53. The number of amides is 2. The largest absolute Gasteiger partial charge is 0.401 e. The number of nitrogens with one attached hydrogen (secondary N) is 2. The molecule has 1 aliphatic rings. The number of aromatic amines is 1. The van der Waals surface area contributed by atoms with Gasteiger partial charge in [-0.3, -0.25) is 0 Å². The van der Waals surface area contributed by atoms with Gasteiger partial charge in [-0.1, -0.05) is 6.08 Å². The Morgan fingerprint density at radius 3 is 3.11 bits per heavy atom. The summed E-state index contributed by atoms with van der Waals surface area (Å²) in [4.78, 5) is 21.2. The Bertz CT molecular complexity index is 525. The summed E-state index contributed by atoms with van der Waals surface area (Å²) in [5, 5.41) is 2.83. The first-order valence-corrected chi connectivity index (χ1v) is 6.28. The minimum absolute atomic E-state index is 0.147. The summed E-state index contributed by atoms with van der Waals surface area (Å²) in [5.41, 5.74) is 9.01. The molecule has 0 atom stereocenters. The van der Waals surface area contributed by atoms with Gasteiger partial charge in [-0.05, 0) is 19.9 Å². The number of carbonyl (C=O) groups is 1. The van der Waals surface area contributed by atoms with Gasteiger partial charge in [0.25, 0.3) is 0 Å². The molecule has 2 heterocycles. The van der Waals surface area contributed by atoms with Crippen LogP contribution in [0.1, 0.15) is 25.2 Å². The lowest BCUT2D eigenvalue weighted by Gasteiger charge is -2.26. The first kappa shape index (κ1) is 13.2. The number of H-pyrrole nitrogens is 1. The van der Waals surface area contributed by atoms with Crippen LogP contribution in [0.3, 0.4) is 0 Å². The average molecular weight is 261 g/mol. The summed E-state index contributed by atoms with van der Waals surface area (Å²) in [7, 11) is 0. The molecule has 6 nitrogen and oxygen atoms in total. The van der Waals surface area contributed by atoms with Crippen molar-refractivity contribution in [1.82, 2.24) is 20.2 Å². The number of urea groups is 1. The van der Waals surface area contributed by atoms with Crippen molar-refractivity contribution >= 4 is 6.03 Å². The molecule has 0 aromatic carbocycles. The van der Waals surface area contributed by atoms with Crippen molar-refractivity contribution in [3.8, 4) is 0 Å². The molecule has 0 radical (unpaired) electrons. The van der Waals surface area contributed by atoms with E-state index in [0.717, 1.165) is 17.8 Å². The number of fused-ring (bicyclic) bond motifs is 1. The van der Waals surface area contributed by atoms with Crippen LogP contribution in [0, 0.1) is 0 Å². The van der Waals surface area contributed by atoms with E-state index < -0.39 is 0 Å². The van der Waals surface area contributed by atoms with Crippen LogP contribution in [-0.2, 0) is 13.0 Å². The molecule has 1 aromatic rings. The van der Waals surface area contributed by atoms with E-state index >= 15 is 0 Å². The summed E-state index contributed by atoms with van der Waals surface area (Å²) in [6.07, 6.45) is 6.10. The number of rotatable bonds is 2. The van der Waals surface area contributed by atoms with Gasteiger partial charge in [0.15, 0.2) is 0 Å². The van der Waals surface area contributed by atoms with Crippen LogP contribution in [-0.4, -0.2) is 27.4 Å². The molecule has 0 spiro atoms. The Labute approximate surface area is 112 Å². The summed E-state index contributed by atoms with van der Waals surface area (Å²) in [6.45, 7) is 4.84. The number of carbonyl (C=O) groups excluding carboxylic acids is 1. The van der Waals surface area contributed by atoms with E-state index in [1.165, 1.54) is 0 Å². The van der Waals surface area contributed by atoms with Crippen LogP contribution in [0.15, 0.2) is 29.9 Å². The molecular weight excluding hydrogens is 242 g/mol. The molecule has 1 aliphatic heterocycles. The van der Waals surface area contributed by atoms with Crippen LogP contribution in [0.2, 0.25) is 0 Å². The molecule has 19 heavy (non-hydrogen) atoms. The standard InChI is InChI=1S/C13H19N5O/c1-3-4-10(9(2)14)17-13(19)18-6-5-11-12(7-18)16-8-15-11/h3-4,8H,5-7,14H2,1-2H3,(H,15,16)(H,17,19)/b4-3-,10-9-. The van der Waals surface area contributed by atoms with E-state index in [0.29, 0.717) is 24.5 Å². The number of hydrogen-bond donors (Lipinski definition) is 3. The van der Waals surface area contributed by atoms with Crippen LogP contribution < -0.4 is 11.1 Å². The Kier molecular flexibility index (Phi) is 3.89. The first-order valence-electron chi connectivity index (χ1n) is 6.28. The fraction of sp³-hybridized carbons (Fsp3) is 0.385. The van der Waals surface area contributed by atoms with E-state index in [1.54, 1.807) is 24.2 Å². The molecule has 6 heteroatoms. The highest BCUT2D eigenvalue weighted by molar-refractivity contribution is 5.77. The van der Waals surface area contributed by atoms with Crippen LogP contribution in [0.4, 0.5) is 4.79 Å². The van der Waals surface area contributed by atoms with Gasteiger partial charge >= 0.3 is 6.03 Å². The predicted octanol–water partition coefficient (Wildman–Crippen LogP) is 1.24. The summed E-state index contributed by atoms with van der Waals surface area (Å²) in [5.74, 6) is 0. The first-order chi connectivity index (χ1) is 9.11. The lowest BCUT2D eigenvalue weighted by atomic mass is 10.1. The number of allylic oxidation sites excluding steroid dienone is 3. The molecule has 102 valence electrons. The van der Waals surface area contributed by atoms with Crippen molar-refractivity contribution in [2.75, 3.05) is 6.54 Å². The zero-order valence-electron chi connectivity index (χ0n) is 11.2. The molecule has 0 unspecified atom stereocenters. The maximum atomic E-state index is 12.2. The predicted molar refractivity (Wildman–Crippen MR) is 72.9 cm³/mol. The molecule has 0 aliphatic carbocycles. The Morgan fingerprint density at radius 2 is 2.42 bits per heavy atom. The second-order valence-corrected chi connectivity index (χ2v) is 4.53. The van der Waals surface area contributed by atoms with Gasteiger partial charge in [0.2, 0.25) is 0 Å². The Morgan fingerprint density at radius 1 is 1.63 bits per heavy atom. The molecule has 4 N–H and O–H groups in total. The van der Waals surface area contributed by atoms with Crippen LogP contribution in [0.5, 0.6) is 0 Å².